The van der Waals surface area contributed by atoms with Crippen LogP contribution in [0.2, 0.25) is 0 Å². The number of carbonyl (C=O) groups excluding carboxylic acids is 1. The summed E-state index contributed by atoms with van der Waals surface area (Å²) in [5, 5.41) is 10.7. The van der Waals surface area contributed by atoms with Gasteiger partial charge in [0.1, 0.15) is 11.9 Å². The zero-order valence-electron chi connectivity index (χ0n) is 7.92. The van der Waals surface area contributed by atoms with Gasteiger partial charge in [-0.15, -0.1) is 0 Å². The summed E-state index contributed by atoms with van der Waals surface area (Å²) < 4.78 is 0. The topological polar surface area (TPSA) is 76.3 Å². The van der Waals surface area contributed by atoms with E-state index in [0.29, 0.717) is 18.7 Å². The Morgan fingerprint density at radius 3 is 2.93 bits per heavy atom. The molecule has 6 nitrogen and oxygen atoms in total. The van der Waals surface area contributed by atoms with E-state index in [1.807, 2.05) is 0 Å². The average Bonchev–Trinajstić information content (AvgIpc) is 2.64. The van der Waals surface area contributed by atoms with Crippen molar-refractivity contribution in [1.82, 2.24) is 4.98 Å². The Morgan fingerprint density at radius 1 is 1.53 bits per heavy atom. The lowest BCUT2D eigenvalue weighted by Gasteiger charge is -2.14. The summed E-state index contributed by atoms with van der Waals surface area (Å²) in [4.78, 5) is 26.8. The second-order valence-electron chi connectivity index (χ2n) is 3.27. The number of nitrogens with zero attached hydrogens (tertiary/aromatic N) is 3. The number of rotatable bonds is 2. The van der Waals surface area contributed by atoms with Crippen molar-refractivity contribution in [3.05, 3.63) is 28.6 Å². The van der Waals surface area contributed by atoms with E-state index in [1.54, 1.807) is 0 Å². The highest BCUT2D eigenvalue weighted by atomic mass is 16.6. The third-order valence-corrected chi connectivity index (χ3v) is 2.34. The van der Waals surface area contributed by atoms with Gasteiger partial charge in [-0.25, -0.2) is 0 Å². The van der Waals surface area contributed by atoms with Gasteiger partial charge in [-0.1, -0.05) is 0 Å². The Labute approximate surface area is 85.7 Å². The number of aromatic nitrogens is 1. The Morgan fingerprint density at radius 2 is 2.33 bits per heavy atom. The molecule has 1 amide bonds. The monoisotopic (exact) mass is 207 g/mol. The molecular weight excluding hydrogens is 198 g/mol. The van der Waals surface area contributed by atoms with Crippen LogP contribution in [0.5, 0.6) is 0 Å². The highest BCUT2D eigenvalue weighted by Crippen LogP contribution is 2.29. The molecule has 0 radical (unpaired) electrons. The molecule has 0 bridgehead atoms. The molecule has 0 N–H and O–H groups in total. The molecule has 2 heterocycles. The van der Waals surface area contributed by atoms with Crippen LogP contribution in [0.15, 0.2) is 18.5 Å². The van der Waals surface area contributed by atoms with Gasteiger partial charge in [0.2, 0.25) is 5.91 Å². The minimum atomic E-state index is -0.520. The highest BCUT2D eigenvalue weighted by molar-refractivity contribution is 5.97. The molecule has 0 unspecified atom stereocenters. The van der Waals surface area contributed by atoms with Crippen molar-refractivity contribution in [2.45, 2.75) is 12.8 Å². The minimum absolute atomic E-state index is 0.0655. The van der Waals surface area contributed by atoms with Gasteiger partial charge in [-0.2, -0.15) is 0 Å². The van der Waals surface area contributed by atoms with Crippen LogP contribution >= 0.6 is 0 Å². The summed E-state index contributed by atoms with van der Waals surface area (Å²) in [6.07, 6.45) is 3.83. The zero-order valence-corrected chi connectivity index (χ0v) is 7.92. The number of hydrogen-bond donors (Lipinski definition) is 0. The van der Waals surface area contributed by atoms with E-state index in [-0.39, 0.29) is 11.6 Å². The molecule has 1 aromatic heterocycles. The van der Waals surface area contributed by atoms with Crippen LogP contribution in [-0.4, -0.2) is 22.4 Å². The molecule has 2 rings (SSSR count). The molecule has 0 atom stereocenters. The van der Waals surface area contributed by atoms with E-state index in [1.165, 1.54) is 23.4 Å². The third kappa shape index (κ3) is 1.65. The van der Waals surface area contributed by atoms with Crippen molar-refractivity contribution in [2.24, 2.45) is 0 Å². The average molecular weight is 207 g/mol. The normalized spacial score (nSPS) is 15.7. The van der Waals surface area contributed by atoms with E-state index in [4.69, 9.17) is 0 Å². The van der Waals surface area contributed by atoms with Gasteiger partial charge < -0.3 is 4.90 Å². The van der Waals surface area contributed by atoms with E-state index in [2.05, 4.69) is 4.98 Å². The lowest BCUT2D eigenvalue weighted by molar-refractivity contribution is -0.384. The SMILES string of the molecule is O=C1CCCN1c1ccncc1[N+](=O)[O-]. The molecule has 1 aromatic rings. The van der Waals surface area contributed by atoms with Crippen LogP contribution in [0.1, 0.15) is 12.8 Å². The fourth-order valence-electron chi connectivity index (χ4n) is 1.65. The van der Waals surface area contributed by atoms with Crippen molar-refractivity contribution < 1.29 is 9.72 Å². The molecule has 1 aliphatic heterocycles. The molecule has 0 aromatic carbocycles. The predicted molar refractivity (Wildman–Crippen MR) is 52.5 cm³/mol. The van der Waals surface area contributed by atoms with Gasteiger partial charge in [0.05, 0.1) is 4.92 Å². The largest absolute Gasteiger partial charge is 0.311 e. The van der Waals surface area contributed by atoms with Crippen molar-refractivity contribution in [1.29, 1.82) is 0 Å². The molecule has 6 heteroatoms. The second-order valence-corrected chi connectivity index (χ2v) is 3.27. The number of pyridine rings is 1. The smallest absolute Gasteiger partial charge is 0.306 e. The molecule has 1 fully saturated rings. The molecule has 0 saturated carbocycles. The third-order valence-electron chi connectivity index (χ3n) is 2.34. The maximum atomic E-state index is 11.4. The number of carbonyl (C=O) groups is 1. The quantitative estimate of drug-likeness (QED) is 0.537. The van der Waals surface area contributed by atoms with Crippen LogP contribution in [0.25, 0.3) is 0 Å². The molecule has 0 spiro atoms. The summed E-state index contributed by atoms with van der Waals surface area (Å²) >= 11 is 0. The number of nitro groups is 1. The molecule has 1 aliphatic rings. The zero-order chi connectivity index (χ0) is 10.8. The lowest BCUT2D eigenvalue weighted by Crippen LogP contribution is -2.24. The van der Waals surface area contributed by atoms with Crippen molar-refractivity contribution >= 4 is 17.3 Å². The fourth-order valence-corrected chi connectivity index (χ4v) is 1.65. The van der Waals surface area contributed by atoms with Crippen molar-refractivity contribution in [2.75, 3.05) is 11.4 Å². The van der Waals surface area contributed by atoms with E-state index in [0.717, 1.165) is 6.42 Å². The fraction of sp³-hybridized carbons (Fsp3) is 0.333. The molecule has 1 saturated heterocycles. The maximum absolute atomic E-state index is 11.4. The van der Waals surface area contributed by atoms with E-state index >= 15 is 0 Å². The van der Waals surface area contributed by atoms with Crippen LogP contribution < -0.4 is 4.90 Å². The molecule has 0 aliphatic carbocycles. The van der Waals surface area contributed by atoms with Gasteiger partial charge in [0, 0.05) is 19.2 Å². The predicted octanol–water partition coefficient (Wildman–Crippen LogP) is 1.12. The Bertz CT molecular complexity index is 419. The first-order valence-corrected chi connectivity index (χ1v) is 4.59. The molecule has 78 valence electrons. The van der Waals surface area contributed by atoms with Crippen LogP contribution in [-0.2, 0) is 4.79 Å². The van der Waals surface area contributed by atoms with Gasteiger partial charge in [-0.05, 0) is 12.5 Å². The first-order valence-electron chi connectivity index (χ1n) is 4.59. The van der Waals surface area contributed by atoms with Crippen LogP contribution in [0, 0.1) is 10.1 Å². The van der Waals surface area contributed by atoms with Gasteiger partial charge in [0.15, 0.2) is 0 Å². The summed E-state index contributed by atoms with van der Waals surface area (Å²) in [5.74, 6) is -0.0655. The van der Waals surface area contributed by atoms with E-state index < -0.39 is 4.92 Å². The van der Waals surface area contributed by atoms with Crippen LogP contribution in [0.3, 0.4) is 0 Å². The Balaban J connectivity index is 2.42. The summed E-state index contributed by atoms with van der Waals surface area (Å²) in [6, 6.07) is 1.50. The first kappa shape index (κ1) is 9.57. The Kier molecular flexibility index (Phi) is 2.32. The molecular formula is C9H9N3O3. The number of hydrogen-bond acceptors (Lipinski definition) is 4. The summed E-state index contributed by atoms with van der Waals surface area (Å²) in [6.45, 7) is 0.545. The van der Waals surface area contributed by atoms with Crippen molar-refractivity contribution in [3.63, 3.8) is 0 Å². The maximum Gasteiger partial charge on any atom is 0.311 e. The minimum Gasteiger partial charge on any atom is -0.306 e. The second kappa shape index (κ2) is 3.64. The van der Waals surface area contributed by atoms with E-state index in [9.17, 15) is 14.9 Å². The highest BCUT2D eigenvalue weighted by Gasteiger charge is 2.27. The lowest BCUT2D eigenvalue weighted by atomic mass is 10.3. The summed E-state index contributed by atoms with van der Waals surface area (Å²) in [7, 11) is 0. The van der Waals surface area contributed by atoms with Gasteiger partial charge in [0.25, 0.3) is 0 Å². The first-order chi connectivity index (χ1) is 7.20. The number of amides is 1. The summed E-state index contributed by atoms with van der Waals surface area (Å²) in [5.41, 5.74) is 0.227. The Hall–Kier alpha value is -1.98. The molecule has 15 heavy (non-hydrogen) atoms. The van der Waals surface area contributed by atoms with Crippen LogP contribution in [0.4, 0.5) is 11.4 Å². The standard InChI is InChI=1S/C9H9N3O3/c13-9-2-1-5-11(9)7-3-4-10-6-8(7)12(14)15/h3-4,6H,1-2,5H2. The van der Waals surface area contributed by atoms with Gasteiger partial charge >= 0.3 is 5.69 Å². The van der Waals surface area contributed by atoms with Crippen molar-refractivity contribution in [3.8, 4) is 0 Å². The van der Waals surface area contributed by atoms with Gasteiger partial charge in [-0.3, -0.25) is 19.9 Å². The number of anilines is 1.